The molecule has 0 radical (unpaired) electrons. The molecular weight excluding hydrogens is 500 g/mol. The van der Waals surface area contributed by atoms with Crippen molar-refractivity contribution in [2.24, 2.45) is 0 Å². The van der Waals surface area contributed by atoms with Gasteiger partial charge in [0.1, 0.15) is 0 Å². The quantitative estimate of drug-likeness (QED) is 0.490. The van der Waals surface area contributed by atoms with Gasteiger partial charge in [0.05, 0.1) is 17.1 Å². The second kappa shape index (κ2) is 8.99. The van der Waals surface area contributed by atoms with E-state index >= 15 is 0 Å². The normalized spacial score (nSPS) is 9.95. The van der Waals surface area contributed by atoms with Gasteiger partial charge >= 0.3 is 35.3 Å². The topological polar surface area (TPSA) is 38.7 Å². The zero-order valence-electron chi connectivity index (χ0n) is 11.7. The van der Waals surface area contributed by atoms with Crippen molar-refractivity contribution in [1.29, 1.82) is 0 Å². The van der Waals surface area contributed by atoms with E-state index in [1.807, 2.05) is 48.7 Å². The van der Waals surface area contributed by atoms with E-state index < -0.39 is 16.5 Å². The monoisotopic (exact) mass is 512 g/mol. The fourth-order valence-electron chi connectivity index (χ4n) is 2.09. The van der Waals surface area contributed by atoms with Crippen LogP contribution in [-0.2, 0) is 16.5 Å². The van der Waals surface area contributed by atoms with E-state index in [0.29, 0.717) is 0 Å². The van der Waals surface area contributed by atoms with Crippen molar-refractivity contribution < 1.29 is 16.5 Å². The van der Waals surface area contributed by atoms with Gasteiger partial charge < -0.3 is 0 Å². The zero-order chi connectivity index (χ0) is 15.8. The van der Waals surface area contributed by atoms with E-state index in [2.05, 4.69) is 21.9 Å². The van der Waals surface area contributed by atoms with Gasteiger partial charge in [-0.05, 0) is 42.8 Å². The van der Waals surface area contributed by atoms with Crippen LogP contribution in [0, 0.1) is 6.92 Å². The molecule has 0 aliphatic rings. The van der Waals surface area contributed by atoms with Crippen LogP contribution in [0.1, 0.15) is 5.56 Å². The molecule has 0 atom stereocenters. The minimum absolute atomic E-state index is 0.472. The summed E-state index contributed by atoms with van der Waals surface area (Å²) in [5.41, 5.74) is 4.86. The average molecular weight is 513 g/mol. The molecular formula is C16H13Cl2N3Pt. The molecule has 0 aromatic carbocycles. The van der Waals surface area contributed by atoms with Crippen molar-refractivity contribution in [3.05, 3.63) is 66.6 Å². The van der Waals surface area contributed by atoms with Crippen LogP contribution in [0.15, 0.2) is 61.1 Å². The van der Waals surface area contributed by atoms with Gasteiger partial charge in [-0.3, -0.25) is 15.0 Å². The van der Waals surface area contributed by atoms with Gasteiger partial charge in [-0.15, -0.1) is 0 Å². The number of rotatable bonds is 2. The molecule has 0 aliphatic heterocycles. The Balaban J connectivity index is 0.000000545. The number of nitrogens with zero attached hydrogens (tertiary/aromatic N) is 3. The van der Waals surface area contributed by atoms with Crippen molar-refractivity contribution in [2.45, 2.75) is 6.92 Å². The molecule has 116 valence electrons. The van der Waals surface area contributed by atoms with E-state index in [4.69, 9.17) is 18.8 Å². The van der Waals surface area contributed by atoms with Crippen LogP contribution in [0.3, 0.4) is 0 Å². The number of aryl methyl sites for hydroxylation is 1. The Morgan fingerprint density at radius 3 is 1.91 bits per heavy atom. The number of halogens is 2. The first-order valence-electron chi connectivity index (χ1n) is 6.38. The second-order valence-corrected chi connectivity index (χ2v) is 7.61. The Bertz CT molecular complexity index is 709. The van der Waals surface area contributed by atoms with Gasteiger partial charge in [0.2, 0.25) is 0 Å². The molecule has 0 saturated carbocycles. The predicted octanol–water partition coefficient (Wildman–Crippen LogP) is 4.89. The number of pyridine rings is 3. The summed E-state index contributed by atoms with van der Waals surface area (Å²) in [5.74, 6) is 0. The standard InChI is InChI=1S/C16H13N3.2ClH.Pt/c1-12-8-11-19-16(14-7-3-5-10-18-14)15(12)13-6-2-4-9-17-13;;;/h2-11H,1H3;2*1H;/q;;;+2/p-2. The summed E-state index contributed by atoms with van der Waals surface area (Å²) >= 11 is -0.472. The van der Waals surface area contributed by atoms with Crippen molar-refractivity contribution in [3.8, 4) is 22.6 Å². The Morgan fingerprint density at radius 1 is 0.773 bits per heavy atom. The Kier molecular flexibility index (Phi) is 6.98. The fraction of sp³-hybridized carbons (Fsp3) is 0.0625. The van der Waals surface area contributed by atoms with Crippen molar-refractivity contribution in [1.82, 2.24) is 15.0 Å². The molecule has 22 heavy (non-hydrogen) atoms. The summed E-state index contributed by atoms with van der Waals surface area (Å²) in [6.45, 7) is 2.07. The summed E-state index contributed by atoms with van der Waals surface area (Å²) < 4.78 is 0. The van der Waals surface area contributed by atoms with E-state index in [9.17, 15) is 0 Å². The fourth-order valence-corrected chi connectivity index (χ4v) is 2.09. The van der Waals surface area contributed by atoms with Crippen molar-refractivity contribution in [2.75, 3.05) is 0 Å². The van der Waals surface area contributed by atoms with Gasteiger partial charge in [-0.25, -0.2) is 0 Å². The van der Waals surface area contributed by atoms with Crippen LogP contribution in [0.2, 0.25) is 0 Å². The molecule has 0 N–H and O–H groups in total. The molecule has 3 heterocycles. The molecule has 3 aromatic rings. The molecule has 0 spiro atoms. The molecule has 0 amide bonds. The molecule has 0 fully saturated rings. The molecule has 0 bridgehead atoms. The Morgan fingerprint density at radius 2 is 1.36 bits per heavy atom. The molecule has 0 unspecified atom stereocenters. The molecule has 3 rings (SSSR count). The third kappa shape index (κ3) is 4.36. The molecule has 3 nitrogen and oxygen atoms in total. The zero-order valence-corrected chi connectivity index (χ0v) is 15.5. The Hall–Kier alpha value is -1.28. The first-order chi connectivity index (χ1) is 10.8. The molecule has 3 aromatic heterocycles. The number of aromatic nitrogens is 3. The van der Waals surface area contributed by atoms with Crippen LogP contribution < -0.4 is 0 Å². The summed E-state index contributed by atoms with van der Waals surface area (Å²) in [5, 5.41) is 0. The average Bonchev–Trinajstić information content (AvgIpc) is 2.57. The van der Waals surface area contributed by atoms with E-state index in [-0.39, 0.29) is 0 Å². The van der Waals surface area contributed by atoms with Crippen molar-refractivity contribution >= 4 is 18.8 Å². The van der Waals surface area contributed by atoms with Crippen LogP contribution in [0.25, 0.3) is 22.6 Å². The van der Waals surface area contributed by atoms with Crippen LogP contribution in [0.4, 0.5) is 0 Å². The van der Waals surface area contributed by atoms with Gasteiger partial charge in [0.25, 0.3) is 0 Å². The maximum absolute atomic E-state index is 4.88. The van der Waals surface area contributed by atoms with Gasteiger partial charge in [-0.1, -0.05) is 12.1 Å². The van der Waals surface area contributed by atoms with Gasteiger partial charge in [-0.2, -0.15) is 0 Å². The first kappa shape index (κ1) is 17.1. The first-order valence-corrected chi connectivity index (χ1v) is 12.0. The molecule has 0 aliphatic carbocycles. The third-order valence-electron chi connectivity index (χ3n) is 2.99. The summed E-state index contributed by atoms with van der Waals surface area (Å²) in [7, 11) is 9.75. The molecule has 6 heteroatoms. The van der Waals surface area contributed by atoms with E-state index in [1.165, 1.54) is 0 Å². The van der Waals surface area contributed by atoms with E-state index in [1.54, 1.807) is 12.4 Å². The SMILES string of the molecule is Cc1ccnc(-c2ccccn2)c1-c1ccccn1.[Cl][Pt][Cl]. The van der Waals surface area contributed by atoms with Crippen LogP contribution in [-0.4, -0.2) is 15.0 Å². The summed E-state index contributed by atoms with van der Waals surface area (Å²) in [6.07, 6.45) is 5.39. The van der Waals surface area contributed by atoms with Gasteiger partial charge in [0, 0.05) is 24.2 Å². The number of hydrogen-bond donors (Lipinski definition) is 0. The Labute approximate surface area is 146 Å². The summed E-state index contributed by atoms with van der Waals surface area (Å²) in [6, 6.07) is 13.7. The van der Waals surface area contributed by atoms with Gasteiger partial charge in [0.15, 0.2) is 0 Å². The predicted molar refractivity (Wildman–Crippen MR) is 87.1 cm³/mol. The number of hydrogen-bond acceptors (Lipinski definition) is 3. The van der Waals surface area contributed by atoms with Crippen molar-refractivity contribution in [3.63, 3.8) is 0 Å². The maximum atomic E-state index is 4.88. The summed E-state index contributed by atoms with van der Waals surface area (Å²) in [4.78, 5) is 13.3. The van der Waals surface area contributed by atoms with Crippen LogP contribution >= 0.6 is 18.8 Å². The van der Waals surface area contributed by atoms with E-state index in [0.717, 1.165) is 28.2 Å². The second-order valence-electron chi connectivity index (χ2n) is 4.33. The minimum atomic E-state index is -0.472. The molecule has 0 saturated heterocycles. The van der Waals surface area contributed by atoms with Crippen LogP contribution in [0.5, 0.6) is 0 Å². The third-order valence-corrected chi connectivity index (χ3v) is 2.99.